The number of nitrogens with one attached hydrogen (secondary N) is 2. The molecule has 0 aromatic carbocycles. The zero-order valence-corrected chi connectivity index (χ0v) is 23.2. The van der Waals surface area contributed by atoms with E-state index in [-0.39, 0.29) is 76.2 Å². The van der Waals surface area contributed by atoms with Crippen LogP contribution in [0, 0.1) is 33.1 Å². The number of imidazole rings is 1. The van der Waals surface area contributed by atoms with Gasteiger partial charge >= 0.3 is 23.8 Å². The van der Waals surface area contributed by atoms with Crippen LogP contribution in [0.5, 0.6) is 0 Å². The summed E-state index contributed by atoms with van der Waals surface area (Å²) >= 11 is 0. The molecular formula is C25H32N6O11. The third kappa shape index (κ3) is 10.9. The van der Waals surface area contributed by atoms with E-state index in [0.29, 0.717) is 5.82 Å². The number of allylic oxidation sites excluding steroid dienone is 3. The van der Waals surface area contributed by atoms with Crippen LogP contribution in [-0.4, -0.2) is 62.4 Å². The number of nitro groups is 2. The highest BCUT2D eigenvalue weighted by Crippen LogP contribution is 2.29. The van der Waals surface area contributed by atoms with Crippen LogP contribution >= 0.6 is 0 Å². The zero-order chi connectivity index (χ0) is 31.2. The van der Waals surface area contributed by atoms with Crippen LogP contribution in [0.3, 0.4) is 0 Å². The van der Waals surface area contributed by atoms with Crippen LogP contribution in [0.2, 0.25) is 0 Å². The van der Waals surface area contributed by atoms with Gasteiger partial charge in [-0.25, -0.2) is 14.3 Å². The summed E-state index contributed by atoms with van der Waals surface area (Å²) < 4.78 is 11.4. The fourth-order valence-electron chi connectivity index (χ4n) is 4.01. The summed E-state index contributed by atoms with van der Waals surface area (Å²) in [5, 5.41) is 25.9. The maximum Gasteiger partial charge on any atom is 0.342 e. The van der Waals surface area contributed by atoms with Crippen molar-refractivity contribution in [1.29, 1.82) is 0 Å². The van der Waals surface area contributed by atoms with Crippen LogP contribution in [0.15, 0.2) is 29.6 Å². The first-order valence-electron chi connectivity index (χ1n) is 13.0. The van der Waals surface area contributed by atoms with Crippen LogP contribution in [0.25, 0.3) is 0 Å². The largest absolute Gasteiger partial charge is 0.466 e. The van der Waals surface area contributed by atoms with Gasteiger partial charge in [0.05, 0.1) is 17.4 Å². The summed E-state index contributed by atoms with van der Waals surface area (Å²) in [6.07, 6.45) is 3.92. The molecule has 1 unspecified atom stereocenters. The van der Waals surface area contributed by atoms with Gasteiger partial charge in [0.15, 0.2) is 5.82 Å². The monoisotopic (exact) mass is 592 g/mol. The molecule has 0 saturated heterocycles. The Hall–Kier alpha value is -4.96. The third-order valence-corrected chi connectivity index (χ3v) is 6.18. The van der Waals surface area contributed by atoms with Gasteiger partial charge in [0, 0.05) is 38.7 Å². The van der Waals surface area contributed by atoms with E-state index in [2.05, 4.69) is 4.98 Å². The lowest BCUT2D eigenvalue weighted by molar-refractivity contribution is -0.432. The summed E-state index contributed by atoms with van der Waals surface area (Å²) in [6.45, 7) is 3.20. The molecule has 228 valence electrons. The molecule has 0 fully saturated rings. The Bertz CT molecular complexity index is 1280. The highest BCUT2D eigenvalue weighted by atomic mass is 16.6. The number of ether oxygens (including phenoxy) is 2. The summed E-state index contributed by atoms with van der Waals surface area (Å²) in [5.41, 5.74) is 0.849. The number of carbonyl (C=O) groups is 5. The molecule has 17 nitrogen and oxygen atoms in total. The molecule has 1 aromatic rings. The van der Waals surface area contributed by atoms with E-state index in [9.17, 15) is 44.2 Å². The number of amides is 4. The Balaban J connectivity index is 1.53. The van der Waals surface area contributed by atoms with Crippen molar-refractivity contribution < 1.29 is 43.3 Å². The average Bonchev–Trinajstić information content (AvgIpc) is 3.46. The summed E-state index contributed by atoms with van der Waals surface area (Å²) in [7, 11) is 0. The van der Waals surface area contributed by atoms with Crippen LogP contribution in [-0.2, 0) is 35.2 Å². The number of rotatable bonds is 16. The number of hydrogen-bond acceptors (Lipinski definition) is 12. The molecule has 0 radical (unpaired) electrons. The van der Waals surface area contributed by atoms with Gasteiger partial charge < -0.3 is 19.6 Å². The molecule has 0 saturated carbocycles. The normalized spacial score (nSPS) is 13.9. The lowest BCUT2D eigenvalue weighted by Crippen LogP contribution is -2.42. The second kappa shape index (κ2) is 16.3. The summed E-state index contributed by atoms with van der Waals surface area (Å²) in [5.74, 6) is -2.95. The van der Waals surface area contributed by atoms with Crippen molar-refractivity contribution >= 4 is 35.6 Å². The van der Waals surface area contributed by atoms with Crippen molar-refractivity contribution in [2.75, 3.05) is 13.2 Å². The number of carbonyl (C=O) groups excluding carboxylic acids is 5. The molecule has 2 N–H and O–H groups in total. The molecule has 1 aliphatic rings. The first-order chi connectivity index (χ1) is 19.9. The highest BCUT2D eigenvalue weighted by molar-refractivity contribution is 6.02. The Morgan fingerprint density at radius 3 is 2.00 bits per heavy atom. The van der Waals surface area contributed by atoms with Gasteiger partial charge in [0.2, 0.25) is 11.8 Å². The van der Waals surface area contributed by atoms with Gasteiger partial charge in [-0.3, -0.25) is 39.9 Å². The zero-order valence-electron chi connectivity index (χ0n) is 23.2. The molecule has 1 aliphatic carbocycles. The molecule has 17 heteroatoms. The predicted octanol–water partition coefficient (Wildman–Crippen LogP) is 2.01. The second-order valence-corrected chi connectivity index (χ2v) is 9.25. The van der Waals surface area contributed by atoms with Crippen LogP contribution in [0.4, 0.5) is 10.6 Å². The summed E-state index contributed by atoms with van der Waals surface area (Å²) in [6, 6.07) is -1.05. The van der Waals surface area contributed by atoms with E-state index in [0.717, 1.165) is 11.8 Å². The molecule has 1 atom stereocenters. The maximum absolute atomic E-state index is 11.9. The van der Waals surface area contributed by atoms with E-state index in [1.165, 1.54) is 10.6 Å². The van der Waals surface area contributed by atoms with Crippen LogP contribution < -0.4 is 10.6 Å². The van der Waals surface area contributed by atoms with E-state index >= 15 is 0 Å². The second-order valence-electron chi connectivity index (χ2n) is 9.25. The quantitative estimate of drug-likeness (QED) is 0.159. The van der Waals surface area contributed by atoms with Crippen molar-refractivity contribution in [1.82, 2.24) is 20.2 Å². The van der Waals surface area contributed by atoms with Crippen molar-refractivity contribution in [3.05, 3.63) is 55.7 Å². The van der Waals surface area contributed by atoms with E-state index in [4.69, 9.17) is 9.47 Å². The van der Waals surface area contributed by atoms with E-state index in [1.54, 1.807) is 19.9 Å². The molecule has 4 amide bonds. The van der Waals surface area contributed by atoms with Crippen molar-refractivity contribution in [2.24, 2.45) is 5.92 Å². The molecule has 42 heavy (non-hydrogen) atoms. The Labute approximate surface area is 239 Å². The predicted molar refractivity (Wildman–Crippen MR) is 142 cm³/mol. The van der Waals surface area contributed by atoms with Crippen molar-refractivity contribution in [2.45, 2.75) is 65.3 Å². The van der Waals surface area contributed by atoms with Gasteiger partial charge in [0.1, 0.15) is 19.3 Å². The standard InChI is InChI=1S/C25H32N6O11/c1-16-9-10-19(30(37)38)18(16)11-13-41-23(34)7-3-5-20(32)27-25(36)28-21(33)6-4-8-24(35)42-14-12-29-17(2)26-15-22(29)31(39)40/h9-10,15,18H,3-8,11-14H2,1-2H3,(H2,27,28,32,33,36). The van der Waals surface area contributed by atoms with Crippen molar-refractivity contribution in [3.8, 4) is 0 Å². The minimum atomic E-state index is -1.05. The van der Waals surface area contributed by atoms with E-state index < -0.39 is 45.5 Å². The Morgan fingerprint density at radius 1 is 0.881 bits per heavy atom. The molecule has 0 spiro atoms. The molecule has 2 rings (SSSR count). The minimum absolute atomic E-state index is 0.0235. The molecule has 1 heterocycles. The molecule has 0 aliphatic heterocycles. The van der Waals surface area contributed by atoms with Crippen LogP contribution in [0.1, 0.15) is 57.7 Å². The molecule has 1 aromatic heterocycles. The first-order valence-corrected chi connectivity index (χ1v) is 13.0. The van der Waals surface area contributed by atoms with E-state index in [1.807, 2.05) is 10.6 Å². The molecular weight excluding hydrogens is 560 g/mol. The van der Waals surface area contributed by atoms with Gasteiger partial charge in [-0.1, -0.05) is 11.6 Å². The van der Waals surface area contributed by atoms with Gasteiger partial charge in [-0.05, 0) is 31.1 Å². The number of aryl methyl sites for hydroxylation is 1. The lowest BCUT2D eigenvalue weighted by atomic mass is 9.98. The van der Waals surface area contributed by atoms with Gasteiger partial charge in [-0.2, -0.15) is 0 Å². The van der Waals surface area contributed by atoms with Gasteiger partial charge in [0.25, 0.3) is 5.70 Å². The number of urea groups is 1. The number of nitrogens with zero attached hydrogens (tertiary/aromatic N) is 4. The number of aromatic nitrogens is 2. The number of hydrogen-bond donors (Lipinski definition) is 2. The topological polar surface area (TPSA) is 232 Å². The number of imide groups is 2. The Kier molecular flexibility index (Phi) is 12.9. The lowest BCUT2D eigenvalue weighted by Gasteiger charge is -2.11. The number of esters is 2. The average molecular weight is 593 g/mol. The SMILES string of the molecule is CC1=CC=C([N+](=O)[O-])C1CCOC(=O)CCCC(=O)NC(=O)NC(=O)CCCC(=O)OCCn1c([N+](=O)[O-])cnc1C. The van der Waals surface area contributed by atoms with Crippen molar-refractivity contribution in [3.63, 3.8) is 0 Å². The van der Waals surface area contributed by atoms with Gasteiger partial charge in [-0.15, -0.1) is 0 Å². The maximum atomic E-state index is 11.9. The molecule has 0 bridgehead atoms. The smallest absolute Gasteiger partial charge is 0.342 e. The minimum Gasteiger partial charge on any atom is -0.466 e. The first kappa shape index (κ1) is 33.2. The highest BCUT2D eigenvalue weighted by Gasteiger charge is 2.29. The fraction of sp³-hybridized carbons (Fsp3) is 0.520. The summed E-state index contributed by atoms with van der Waals surface area (Å²) in [4.78, 5) is 84.1. The Morgan fingerprint density at radius 2 is 1.45 bits per heavy atom. The fourth-order valence-corrected chi connectivity index (χ4v) is 4.01. The third-order valence-electron chi connectivity index (χ3n) is 6.18.